The van der Waals surface area contributed by atoms with Gasteiger partial charge in [0, 0.05) is 34.3 Å². The van der Waals surface area contributed by atoms with E-state index in [-0.39, 0.29) is 23.7 Å². The Hall–Kier alpha value is -1.75. The molecule has 0 bridgehead atoms. The van der Waals surface area contributed by atoms with Crippen LogP contribution in [-0.2, 0) is 9.59 Å². The average Bonchev–Trinajstić information content (AvgIpc) is 2.44. The van der Waals surface area contributed by atoms with Gasteiger partial charge in [-0.1, -0.05) is 35.0 Å². The van der Waals surface area contributed by atoms with Crippen molar-refractivity contribution in [2.45, 2.75) is 19.3 Å². The van der Waals surface area contributed by atoms with E-state index in [1.165, 1.54) is 0 Å². The topological polar surface area (TPSA) is 59.1 Å². The van der Waals surface area contributed by atoms with E-state index in [1.54, 1.807) is 6.20 Å². The minimum absolute atomic E-state index is 0.123. The van der Waals surface area contributed by atoms with Crippen LogP contribution in [0.3, 0.4) is 0 Å². The van der Waals surface area contributed by atoms with Crippen LogP contribution in [0.2, 0.25) is 0 Å². The maximum absolute atomic E-state index is 11.8. The van der Waals surface area contributed by atoms with Crippen molar-refractivity contribution in [3.8, 4) is 0 Å². The molecular weight excluding hydrogens is 320 g/mol. The molecule has 1 aromatic heterocycles. The quantitative estimate of drug-likeness (QED) is 0.817. The number of piperidine rings is 1. The number of hydrogen-bond donors (Lipinski definition) is 1. The summed E-state index contributed by atoms with van der Waals surface area (Å²) in [6, 6.07) is 7.75. The molecule has 1 fully saturated rings. The zero-order valence-corrected chi connectivity index (χ0v) is 12.5. The first kappa shape index (κ1) is 13.2. The fraction of sp³-hybridized carbons (Fsp3) is 0.267. The normalized spacial score (nSPS) is 22.9. The maximum atomic E-state index is 11.8. The molecular formula is C15H13BrN2O2. The highest BCUT2D eigenvalue weighted by atomic mass is 79.9. The highest BCUT2D eigenvalue weighted by Crippen LogP contribution is 2.36. The molecule has 2 heterocycles. The second-order valence-electron chi connectivity index (χ2n) is 5.05. The predicted molar refractivity (Wildman–Crippen MR) is 79.1 cm³/mol. The fourth-order valence-electron chi connectivity index (χ4n) is 2.70. The number of carbonyl (C=O) groups is 2. The van der Waals surface area contributed by atoms with E-state index < -0.39 is 0 Å². The largest absolute Gasteiger partial charge is 0.296 e. The predicted octanol–water partition coefficient (Wildman–Crippen LogP) is 2.76. The number of imide groups is 1. The van der Waals surface area contributed by atoms with Gasteiger partial charge in [-0.05, 0) is 17.7 Å². The van der Waals surface area contributed by atoms with Crippen molar-refractivity contribution in [2.75, 3.05) is 0 Å². The number of amides is 2. The zero-order chi connectivity index (χ0) is 14.3. The molecule has 3 rings (SSSR count). The van der Waals surface area contributed by atoms with E-state index in [1.807, 2.05) is 31.2 Å². The lowest BCUT2D eigenvalue weighted by molar-refractivity contribution is -0.136. The lowest BCUT2D eigenvalue weighted by Crippen LogP contribution is -2.43. The number of fused-ring (bicyclic) bond motifs is 1. The summed E-state index contributed by atoms with van der Waals surface area (Å²) in [4.78, 5) is 27.9. The van der Waals surface area contributed by atoms with E-state index >= 15 is 0 Å². The van der Waals surface area contributed by atoms with Crippen LogP contribution in [0.1, 0.15) is 24.8 Å². The summed E-state index contributed by atoms with van der Waals surface area (Å²) >= 11 is 3.51. The number of carbonyl (C=O) groups excluding carboxylic acids is 2. The van der Waals surface area contributed by atoms with Crippen molar-refractivity contribution in [2.24, 2.45) is 5.92 Å². The smallest absolute Gasteiger partial charge is 0.230 e. The monoisotopic (exact) mass is 332 g/mol. The molecule has 2 unspecified atom stereocenters. The summed E-state index contributed by atoms with van der Waals surface area (Å²) in [6.07, 6.45) is 2.05. The standard InChI is InChI=1S/C15H13BrN2O2/c1-8-11(7-13(19)18-15(8)20)9-4-5-12(16)10-3-2-6-17-14(9)10/h2-6,8,11H,7H2,1H3,(H,18,19,20). The molecule has 2 aromatic rings. The second-order valence-corrected chi connectivity index (χ2v) is 5.90. The van der Waals surface area contributed by atoms with Gasteiger partial charge in [0.15, 0.2) is 0 Å². The molecule has 102 valence electrons. The van der Waals surface area contributed by atoms with Gasteiger partial charge in [0.2, 0.25) is 11.8 Å². The first-order valence-electron chi connectivity index (χ1n) is 6.44. The Morgan fingerprint density at radius 1 is 1.30 bits per heavy atom. The molecule has 1 saturated heterocycles. The molecule has 2 atom stereocenters. The summed E-state index contributed by atoms with van der Waals surface area (Å²) < 4.78 is 0.962. The third-order valence-electron chi connectivity index (χ3n) is 3.83. The molecule has 5 heteroatoms. The summed E-state index contributed by atoms with van der Waals surface area (Å²) in [5, 5.41) is 3.38. The molecule has 1 aliphatic heterocycles. The first-order valence-corrected chi connectivity index (χ1v) is 7.24. The number of aromatic nitrogens is 1. The molecule has 0 radical (unpaired) electrons. The van der Waals surface area contributed by atoms with E-state index in [9.17, 15) is 9.59 Å². The molecule has 4 nitrogen and oxygen atoms in total. The Morgan fingerprint density at radius 3 is 2.90 bits per heavy atom. The summed E-state index contributed by atoms with van der Waals surface area (Å²) in [6.45, 7) is 1.85. The number of nitrogens with one attached hydrogen (secondary N) is 1. The van der Waals surface area contributed by atoms with Crippen LogP contribution in [0.5, 0.6) is 0 Å². The number of nitrogens with zero attached hydrogens (tertiary/aromatic N) is 1. The first-order chi connectivity index (χ1) is 9.58. The van der Waals surface area contributed by atoms with Crippen molar-refractivity contribution < 1.29 is 9.59 Å². The van der Waals surface area contributed by atoms with E-state index in [0.29, 0.717) is 6.42 Å². The van der Waals surface area contributed by atoms with Gasteiger partial charge in [-0.25, -0.2) is 0 Å². The third-order valence-corrected chi connectivity index (χ3v) is 4.52. The van der Waals surface area contributed by atoms with Crippen LogP contribution in [0, 0.1) is 5.92 Å². The van der Waals surface area contributed by atoms with Gasteiger partial charge in [0.25, 0.3) is 0 Å². The van der Waals surface area contributed by atoms with E-state index in [2.05, 4.69) is 26.2 Å². The van der Waals surface area contributed by atoms with Crippen molar-refractivity contribution in [1.29, 1.82) is 0 Å². The van der Waals surface area contributed by atoms with Gasteiger partial charge >= 0.3 is 0 Å². The van der Waals surface area contributed by atoms with Crippen LogP contribution in [0.25, 0.3) is 10.9 Å². The number of hydrogen-bond acceptors (Lipinski definition) is 3. The van der Waals surface area contributed by atoms with Gasteiger partial charge in [0.1, 0.15) is 0 Å². The van der Waals surface area contributed by atoms with Gasteiger partial charge in [0.05, 0.1) is 5.52 Å². The SMILES string of the molecule is CC1C(=O)NC(=O)CC1c1ccc(Br)c2cccnc12. The van der Waals surface area contributed by atoms with Crippen LogP contribution >= 0.6 is 15.9 Å². The molecule has 1 aromatic carbocycles. The lowest BCUT2D eigenvalue weighted by atomic mass is 9.80. The number of halogens is 1. The fourth-order valence-corrected chi connectivity index (χ4v) is 3.15. The minimum Gasteiger partial charge on any atom is -0.296 e. The molecule has 0 aliphatic carbocycles. The zero-order valence-electron chi connectivity index (χ0n) is 10.9. The Bertz CT molecular complexity index is 714. The molecule has 1 N–H and O–H groups in total. The van der Waals surface area contributed by atoms with E-state index in [0.717, 1.165) is 20.9 Å². The average molecular weight is 333 g/mol. The van der Waals surface area contributed by atoms with Crippen LogP contribution in [-0.4, -0.2) is 16.8 Å². The van der Waals surface area contributed by atoms with Crippen LogP contribution in [0.4, 0.5) is 0 Å². The maximum Gasteiger partial charge on any atom is 0.230 e. The van der Waals surface area contributed by atoms with Crippen molar-refractivity contribution in [3.05, 3.63) is 40.5 Å². The third kappa shape index (κ3) is 2.12. The van der Waals surface area contributed by atoms with Crippen LogP contribution in [0.15, 0.2) is 34.9 Å². The lowest BCUT2D eigenvalue weighted by Gasteiger charge is -2.28. The second kappa shape index (κ2) is 4.98. The molecule has 2 amide bonds. The van der Waals surface area contributed by atoms with Crippen molar-refractivity contribution in [1.82, 2.24) is 10.3 Å². The Kier molecular flexibility index (Phi) is 3.30. The Morgan fingerprint density at radius 2 is 2.10 bits per heavy atom. The van der Waals surface area contributed by atoms with Gasteiger partial charge < -0.3 is 0 Å². The number of benzene rings is 1. The molecule has 20 heavy (non-hydrogen) atoms. The van der Waals surface area contributed by atoms with Crippen molar-refractivity contribution in [3.63, 3.8) is 0 Å². The van der Waals surface area contributed by atoms with Gasteiger partial charge in [-0.15, -0.1) is 0 Å². The van der Waals surface area contributed by atoms with Crippen LogP contribution < -0.4 is 5.32 Å². The molecule has 0 spiro atoms. The number of rotatable bonds is 1. The van der Waals surface area contributed by atoms with Gasteiger partial charge in [-0.3, -0.25) is 19.9 Å². The highest BCUT2D eigenvalue weighted by molar-refractivity contribution is 9.10. The summed E-state index contributed by atoms with van der Waals surface area (Å²) in [5.41, 5.74) is 1.81. The number of pyridine rings is 1. The van der Waals surface area contributed by atoms with E-state index in [4.69, 9.17) is 0 Å². The van der Waals surface area contributed by atoms with Crippen molar-refractivity contribution >= 4 is 38.6 Å². The highest BCUT2D eigenvalue weighted by Gasteiger charge is 2.34. The molecule has 1 aliphatic rings. The Balaban J connectivity index is 2.17. The molecule has 0 saturated carbocycles. The Labute approximate surface area is 124 Å². The minimum atomic E-state index is -0.237. The summed E-state index contributed by atoms with van der Waals surface area (Å²) in [5.74, 6) is -0.788. The van der Waals surface area contributed by atoms with Gasteiger partial charge in [-0.2, -0.15) is 0 Å². The summed E-state index contributed by atoms with van der Waals surface area (Å²) in [7, 11) is 0.